The maximum absolute atomic E-state index is 13.1. The zero-order valence-corrected chi connectivity index (χ0v) is 25.0. The van der Waals surface area contributed by atoms with Gasteiger partial charge in [0.15, 0.2) is 5.78 Å². The van der Waals surface area contributed by atoms with Gasteiger partial charge in [-0.3, -0.25) is 4.79 Å². The topological polar surface area (TPSA) is 85.7 Å². The first-order valence-corrected chi connectivity index (χ1v) is 14.3. The summed E-state index contributed by atoms with van der Waals surface area (Å²) in [6, 6.07) is 8.95. The average Bonchev–Trinajstić information content (AvgIpc) is 3.36. The van der Waals surface area contributed by atoms with Crippen molar-refractivity contribution in [2.45, 2.75) is 52.6 Å². The van der Waals surface area contributed by atoms with Gasteiger partial charge >= 0.3 is 5.97 Å². The number of Topliss-reactive ketones (excluding diaryl/α,β-unsaturated/α-hetero) is 1. The van der Waals surface area contributed by atoms with Crippen LogP contribution in [0, 0.1) is 5.92 Å². The number of methoxy groups -OCH3 is 2. The van der Waals surface area contributed by atoms with E-state index in [0.717, 1.165) is 41.8 Å². The lowest BCUT2D eigenvalue weighted by Gasteiger charge is -2.20. The highest BCUT2D eigenvalue weighted by atomic mass is 35.5. The van der Waals surface area contributed by atoms with E-state index in [2.05, 4.69) is 13.8 Å². The number of thiazole rings is 1. The Morgan fingerprint density at radius 2 is 1.82 bits per heavy atom. The van der Waals surface area contributed by atoms with Gasteiger partial charge in [-0.05, 0) is 43.5 Å². The van der Waals surface area contributed by atoms with E-state index >= 15 is 0 Å². The molecule has 0 aliphatic carbocycles. The number of aliphatic carboxylic acids is 1. The molecule has 0 aliphatic rings. The predicted octanol–water partition coefficient (Wildman–Crippen LogP) is 8.55. The molecular weight excluding hydrogens is 557 g/mol. The number of carbonyl (C=O) groups excluding carboxylic acids is 1. The number of nitrogens with zero attached hydrogens (tertiary/aromatic N) is 1. The minimum Gasteiger partial charge on any atom is -0.496 e. The fraction of sp³-hybridized carbons (Fsp3) is 0.367. The summed E-state index contributed by atoms with van der Waals surface area (Å²) in [7, 11) is 3.36. The van der Waals surface area contributed by atoms with Gasteiger partial charge in [0, 0.05) is 40.3 Å². The first-order valence-electron chi connectivity index (χ1n) is 12.6. The van der Waals surface area contributed by atoms with Gasteiger partial charge in [0.25, 0.3) is 0 Å². The number of ketones is 1. The molecule has 1 atom stereocenters. The molecule has 3 aromatic rings. The number of aromatic nitrogens is 1. The van der Waals surface area contributed by atoms with Gasteiger partial charge in [0.05, 0.1) is 35.4 Å². The summed E-state index contributed by atoms with van der Waals surface area (Å²) in [6.07, 6.45) is 4.43. The Kier molecular flexibility index (Phi) is 11.1. The van der Waals surface area contributed by atoms with Gasteiger partial charge in [0.2, 0.25) is 0 Å². The molecule has 39 heavy (non-hydrogen) atoms. The summed E-state index contributed by atoms with van der Waals surface area (Å²) >= 11 is 14.1. The highest BCUT2D eigenvalue weighted by molar-refractivity contribution is 7.10. The van der Waals surface area contributed by atoms with Crippen LogP contribution in [0.1, 0.15) is 72.6 Å². The van der Waals surface area contributed by atoms with Gasteiger partial charge in [-0.1, -0.05) is 62.0 Å². The molecule has 208 valence electrons. The number of carboxylic acids is 1. The molecule has 1 heterocycles. The van der Waals surface area contributed by atoms with Crippen LogP contribution in [0.5, 0.6) is 5.75 Å². The molecule has 1 aromatic heterocycles. The summed E-state index contributed by atoms with van der Waals surface area (Å²) in [4.78, 5) is 28.9. The quantitative estimate of drug-likeness (QED) is 0.159. The highest BCUT2D eigenvalue weighted by Crippen LogP contribution is 2.39. The van der Waals surface area contributed by atoms with Crippen LogP contribution in [0.4, 0.5) is 0 Å². The number of halogens is 2. The lowest BCUT2D eigenvalue weighted by Crippen LogP contribution is -2.06. The number of ether oxygens (including phenoxy) is 2. The van der Waals surface area contributed by atoms with Crippen LogP contribution in [0.3, 0.4) is 0 Å². The Hall–Kier alpha value is -2.71. The lowest BCUT2D eigenvalue weighted by molar-refractivity contribution is -0.132. The minimum atomic E-state index is -1.08. The lowest BCUT2D eigenvalue weighted by atomic mass is 9.97. The molecule has 2 aromatic carbocycles. The molecule has 0 saturated heterocycles. The smallest absolute Gasteiger partial charge is 0.331 e. The molecule has 0 bridgehead atoms. The Balaban J connectivity index is 1.83. The first-order chi connectivity index (χ1) is 18.5. The fourth-order valence-electron chi connectivity index (χ4n) is 4.27. The Morgan fingerprint density at radius 3 is 2.41 bits per heavy atom. The van der Waals surface area contributed by atoms with Crippen molar-refractivity contribution in [3.8, 4) is 17.0 Å². The van der Waals surface area contributed by atoms with Crippen molar-refractivity contribution in [2.24, 2.45) is 5.92 Å². The Morgan fingerprint density at radius 1 is 1.13 bits per heavy atom. The van der Waals surface area contributed by atoms with E-state index in [1.54, 1.807) is 14.2 Å². The minimum absolute atomic E-state index is 0.0680. The van der Waals surface area contributed by atoms with Gasteiger partial charge in [-0.2, -0.15) is 0 Å². The third kappa shape index (κ3) is 7.92. The van der Waals surface area contributed by atoms with Crippen molar-refractivity contribution in [1.82, 2.24) is 4.98 Å². The van der Waals surface area contributed by atoms with Crippen LogP contribution >= 0.6 is 34.5 Å². The number of para-hydroxylation sites is 1. The number of carbonyl (C=O) groups is 2. The third-order valence-electron chi connectivity index (χ3n) is 6.37. The van der Waals surface area contributed by atoms with Crippen LogP contribution in [0.2, 0.25) is 10.0 Å². The molecule has 9 heteroatoms. The monoisotopic (exact) mass is 589 g/mol. The van der Waals surface area contributed by atoms with Crippen LogP contribution < -0.4 is 4.74 Å². The standard InChI is InChI=1S/C30H33Cl2NO5S/c1-17(2)8-6-11-27(37-4)21-10-7-9-20(29(21)38-5)25-16-39-28(33-25)15-26(34)19-13-23(31)22(24(32)14-19)12-18(3)30(35)36/h7,9-10,12-14,16-17,27H,6,8,11,15H2,1-5H3,(H,35,36)/b18-12+. The molecule has 0 amide bonds. The van der Waals surface area contributed by atoms with E-state index < -0.39 is 5.97 Å². The molecule has 0 radical (unpaired) electrons. The Bertz CT molecular complexity index is 1340. The van der Waals surface area contributed by atoms with E-state index in [1.807, 2.05) is 23.6 Å². The summed E-state index contributed by atoms with van der Waals surface area (Å²) in [5.41, 5.74) is 3.31. The molecule has 6 nitrogen and oxygen atoms in total. The largest absolute Gasteiger partial charge is 0.496 e. The highest BCUT2D eigenvalue weighted by Gasteiger charge is 2.21. The summed E-state index contributed by atoms with van der Waals surface area (Å²) in [6.45, 7) is 5.88. The number of carboxylic acid groups (broad SMARTS) is 1. The second-order valence-corrected chi connectivity index (χ2v) is 11.4. The molecule has 1 N–H and O–H groups in total. The molecule has 0 fully saturated rings. The van der Waals surface area contributed by atoms with Gasteiger partial charge in [-0.25, -0.2) is 9.78 Å². The number of hydrogen-bond acceptors (Lipinski definition) is 6. The fourth-order valence-corrected chi connectivity index (χ4v) is 5.66. The second kappa shape index (κ2) is 14.1. The van der Waals surface area contributed by atoms with E-state index in [-0.39, 0.29) is 33.9 Å². The van der Waals surface area contributed by atoms with E-state index in [4.69, 9.17) is 42.8 Å². The van der Waals surface area contributed by atoms with Crippen molar-refractivity contribution in [2.75, 3.05) is 14.2 Å². The first kappa shape index (κ1) is 30.8. The van der Waals surface area contributed by atoms with E-state index in [0.29, 0.717) is 22.1 Å². The summed E-state index contributed by atoms with van der Waals surface area (Å²) < 4.78 is 11.6. The van der Waals surface area contributed by atoms with Crippen molar-refractivity contribution in [3.63, 3.8) is 0 Å². The van der Waals surface area contributed by atoms with Crippen LogP contribution in [0.15, 0.2) is 41.3 Å². The Labute approximate surface area is 243 Å². The number of benzene rings is 2. The average molecular weight is 591 g/mol. The molecule has 0 spiro atoms. The van der Waals surface area contributed by atoms with Crippen LogP contribution in [0.25, 0.3) is 17.3 Å². The summed E-state index contributed by atoms with van der Waals surface area (Å²) in [5.74, 6) is 0.0779. The molecular formula is C30H33Cl2NO5S. The van der Waals surface area contributed by atoms with Crippen molar-refractivity contribution >= 4 is 52.4 Å². The van der Waals surface area contributed by atoms with Gasteiger partial charge in [-0.15, -0.1) is 11.3 Å². The van der Waals surface area contributed by atoms with Crippen molar-refractivity contribution < 1.29 is 24.2 Å². The van der Waals surface area contributed by atoms with Crippen molar-refractivity contribution in [3.05, 3.63) is 73.0 Å². The third-order valence-corrected chi connectivity index (χ3v) is 7.84. The summed E-state index contributed by atoms with van der Waals surface area (Å²) in [5, 5.41) is 12.1. The SMILES string of the molecule is COc1c(-c2csc(CC(=O)c3cc(Cl)c(/C=C(\C)C(=O)O)c(Cl)c3)n2)cccc1C(CCCC(C)C)OC. The second-order valence-electron chi connectivity index (χ2n) is 9.69. The van der Waals surface area contributed by atoms with E-state index in [1.165, 1.54) is 36.5 Å². The maximum Gasteiger partial charge on any atom is 0.331 e. The van der Waals surface area contributed by atoms with Gasteiger partial charge < -0.3 is 14.6 Å². The van der Waals surface area contributed by atoms with Gasteiger partial charge in [0.1, 0.15) is 10.8 Å². The molecule has 0 saturated carbocycles. The van der Waals surface area contributed by atoms with Crippen molar-refractivity contribution in [1.29, 1.82) is 0 Å². The van der Waals surface area contributed by atoms with Crippen LogP contribution in [-0.4, -0.2) is 36.1 Å². The predicted molar refractivity (Wildman–Crippen MR) is 158 cm³/mol. The van der Waals surface area contributed by atoms with E-state index in [9.17, 15) is 9.59 Å². The number of rotatable bonds is 13. The maximum atomic E-state index is 13.1. The molecule has 1 unspecified atom stereocenters. The molecule has 0 aliphatic heterocycles. The zero-order chi connectivity index (χ0) is 28.7. The van der Waals surface area contributed by atoms with Crippen LogP contribution in [-0.2, 0) is 16.0 Å². The molecule has 3 rings (SSSR count). The zero-order valence-electron chi connectivity index (χ0n) is 22.7. The normalized spacial score (nSPS) is 12.6. The number of hydrogen-bond donors (Lipinski definition) is 1.